The van der Waals surface area contributed by atoms with Gasteiger partial charge >= 0.3 is 0 Å². The Kier molecular flexibility index (Phi) is 3.83. The number of rotatable bonds is 3. The molecule has 2 aromatic carbocycles. The van der Waals surface area contributed by atoms with E-state index in [1.807, 2.05) is 22.9 Å². The van der Waals surface area contributed by atoms with Crippen molar-refractivity contribution in [3.05, 3.63) is 65.9 Å². The van der Waals surface area contributed by atoms with Crippen LogP contribution >= 0.6 is 0 Å². The third-order valence-corrected chi connectivity index (χ3v) is 5.39. The Labute approximate surface area is 158 Å². The summed E-state index contributed by atoms with van der Waals surface area (Å²) in [5, 5.41) is 17.2. The molecule has 134 valence electrons. The molecule has 5 heteroatoms. The molecule has 0 unspecified atom stereocenters. The predicted molar refractivity (Wildman–Crippen MR) is 103 cm³/mol. The van der Waals surface area contributed by atoms with Crippen LogP contribution in [-0.2, 0) is 13.2 Å². The lowest BCUT2D eigenvalue weighted by Gasteiger charge is -2.32. The SMILES string of the molecule is N#CC1CC(Nc2ccc3c(c2)OCc2cc(-c4ccccc4)nn2C3)C1. The second kappa shape index (κ2) is 6.48. The molecule has 1 aromatic heterocycles. The number of ether oxygens (including phenoxy) is 1. The molecule has 1 saturated carbocycles. The first-order chi connectivity index (χ1) is 13.3. The maximum absolute atomic E-state index is 8.91. The second-order valence-electron chi connectivity index (χ2n) is 7.29. The number of hydrogen-bond acceptors (Lipinski definition) is 4. The van der Waals surface area contributed by atoms with Gasteiger partial charge in [0.15, 0.2) is 0 Å². The minimum Gasteiger partial charge on any atom is -0.487 e. The van der Waals surface area contributed by atoms with Crippen LogP contribution in [0, 0.1) is 17.2 Å². The molecular formula is C22H20N4O. The lowest BCUT2D eigenvalue weighted by atomic mass is 9.81. The van der Waals surface area contributed by atoms with Gasteiger partial charge in [-0.1, -0.05) is 36.4 Å². The number of hydrogen-bond donors (Lipinski definition) is 1. The van der Waals surface area contributed by atoms with Crippen molar-refractivity contribution in [2.75, 3.05) is 5.32 Å². The molecule has 0 bridgehead atoms. The molecule has 0 spiro atoms. The molecule has 1 aliphatic carbocycles. The molecule has 5 rings (SSSR count). The summed E-state index contributed by atoms with van der Waals surface area (Å²) < 4.78 is 8.12. The van der Waals surface area contributed by atoms with Gasteiger partial charge in [-0.3, -0.25) is 4.68 Å². The normalized spacial score (nSPS) is 20.3. The fourth-order valence-electron chi connectivity index (χ4n) is 3.76. The van der Waals surface area contributed by atoms with Gasteiger partial charge in [0, 0.05) is 28.9 Å². The third kappa shape index (κ3) is 3.04. The van der Waals surface area contributed by atoms with E-state index in [1.54, 1.807) is 0 Å². The first-order valence-corrected chi connectivity index (χ1v) is 9.32. The van der Waals surface area contributed by atoms with Gasteiger partial charge in [0.2, 0.25) is 0 Å². The first kappa shape index (κ1) is 16.0. The van der Waals surface area contributed by atoms with Crippen LogP contribution in [0.4, 0.5) is 5.69 Å². The Morgan fingerprint density at radius 1 is 1.11 bits per heavy atom. The van der Waals surface area contributed by atoms with Crippen LogP contribution in [0.1, 0.15) is 24.1 Å². The average molecular weight is 356 g/mol. The smallest absolute Gasteiger partial charge is 0.130 e. The van der Waals surface area contributed by atoms with E-state index in [0.29, 0.717) is 19.2 Å². The number of anilines is 1. The third-order valence-electron chi connectivity index (χ3n) is 5.39. The highest BCUT2D eigenvalue weighted by Crippen LogP contribution is 2.33. The van der Waals surface area contributed by atoms with Crippen LogP contribution in [0.3, 0.4) is 0 Å². The first-order valence-electron chi connectivity index (χ1n) is 9.32. The van der Waals surface area contributed by atoms with Gasteiger partial charge in [-0.05, 0) is 25.0 Å². The number of aromatic nitrogens is 2. The van der Waals surface area contributed by atoms with Gasteiger partial charge in [-0.25, -0.2) is 0 Å². The lowest BCUT2D eigenvalue weighted by Crippen LogP contribution is -2.34. The van der Waals surface area contributed by atoms with Crippen molar-refractivity contribution in [2.45, 2.75) is 32.0 Å². The highest BCUT2D eigenvalue weighted by molar-refractivity contribution is 5.59. The number of nitrogens with zero attached hydrogens (tertiary/aromatic N) is 3. The molecule has 2 aliphatic rings. The standard InChI is InChI=1S/C22H20N4O/c23-12-15-8-19(9-15)24-18-7-6-17-13-26-20(14-27-22(17)10-18)11-21(25-26)16-4-2-1-3-5-16/h1-7,10-11,15,19,24H,8-9,13-14H2. The summed E-state index contributed by atoms with van der Waals surface area (Å²) in [5.41, 5.74) is 5.36. The topological polar surface area (TPSA) is 62.9 Å². The predicted octanol–water partition coefficient (Wildman–Crippen LogP) is 4.20. The van der Waals surface area contributed by atoms with Crippen molar-refractivity contribution >= 4 is 5.69 Å². The van der Waals surface area contributed by atoms with Gasteiger partial charge < -0.3 is 10.1 Å². The average Bonchev–Trinajstić information content (AvgIpc) is 2.99. The van der Waals surface area contributed by atoms with Gasteiger partial charge in [-0.15, -0.1) is 0 Å². The minimum absolute atomic E-state index is 0.204. The molecule has 5 nitrogen and oxygen atoms in total. The summed E-state index contributed by atoms with van der Waals surface area (Å²) in [6.45, 7) is 1.22. The fraction of sp³-hybridized carbons (Fsp3) is 0.273. The van der Waals surface area contributed by atoms with Crippen LogP contribution in [0.15, 0.2) is 54.6 Å². The Balaban J connectivity index is 1.35. The van der Waals surface area contributed by atoms with Gasteiger partial charge in [0.25, 0.3) is 0 Å². The van der Waals surface area contributed by atoms with E-state index in [0.717, 1.165) is 46.8 Å². The zero-order valence-corrected chi connectivity index (χ0v) is 14.9. The maximum Gasteiger partial charge on any atom is 0.130 e. The Morgan fingerprint density at radius 3 is 2.78 bits per heavy atom. The lowest BCUT2D eigenvalue weighted by molar-refractivity contribution is 0.301. The minimum atomic E-state index is 0.204. The van der Waals surface area contributed by atoms with Crippen molar-refractivity contribution in [3.63, 3.8) is 0 Å². The van der Waals surface area contributed by atoms with Crippen molar-refractivity contribution in [1.82, 2.24) is 9.78 Å². The van der Waals surface area contributed by atoms with Crippen LogP contribution in [0.5, 0.6) is 5.75 Å². The quantitative estimate of drug-likeness (QED) is 0.764. The summed E-state index contributed by atoms with van der Waals surface area (Å²) >= 11 is 0. The van der Waals surface area contributed by atoms with Crippen molar-refractivity contribution in [2.24, 2.45) is 5.92 Å². The highest BCUT2D eigenvalue weighted by Gasteiger charge is 2.29. The Bertz CT molecular complexity index is 1010. The summed E-state index contributed by atoms with van der Waals surface area (Å²) in [6.07, 6.45) is 1.85. The monoisotopic (exact) mass is 356 g/mol. The van der Waals surface area contributed by atoms with Gasteiger partial charge in [0.1, 0.15) is 12.4 Å². The molecule has 0 saturated heterocycles. The summed E-state index contributed by atoms with van der Waals surface area (Å²) in [7, 11) is 0. The van der Waals surface area contributed by atoms with Crippen LogP contribution in [0.25, 0.3) is 11.3 Å². The number of benzene rings is 2. The van der Waals surface area contributed by atoms with Crippen molar-refractivity contribution in [3.8, 4) is 23.1 Å². The van der Waals surface area contributed by atoms with Crippen LogP contribution in [-0.4, -0.2) is 15.8 Å². The second-order valence-corrected chi connectivity index (χ2v) is 7.29. The molecule has 0 amide bonds. The fourth-order valence-corrected chi connectivity index (χ4v) is 3.76. The summed E-state index contributed by atoms with van der Waals surface area (Å²) in [4.78, 5) is 0. The molecule has 1 fully saturated rings. The van der Waals surface area contributed by atoms with E-state index >= 15 is 0 Å². The summed E-state index contributed by atoms with van der Waals surface area (Å²) in [5.74, 6) is 1.11. The van der Waals surface area contributed by atoms with Crippen molar-refractivity contribution in [1.29, 1.82) is 5.26 Å². The zero-order chi connectivity index (χ0) is 18.2. The molecule has 1 aliphatic heterocycles. The van der Waals surface area contributed by atoms with E-state index in [-0.39, 0.29) is 5.92 Å². The molecule has 27 heavy (non-hydrogen) atoms. The van der Waals surface area contributed by atoms with Crippen molar-refractivity contribution < 1.29 is 4.74 Å². The molecule has 2 heterocycles. The Morgan fingerprint density at radius 2 is 1.96 bits per heavy atom. The van der Waals surface area contributed by atoms with E-state index < -0.39 is 0 Å². The number of fused-ring (bicyclic) bond motifs is 2. The van der Waals surface area contributed by atoms with E-state index in [1.165, 1.54) is 0 Å². The van der Waals surface area contributed by atoms with Crippen LogP contribution < -0.4 is 10.1 Å². The summed E-state index contributed by atoms with van der Waals surface area (Å²) in [6, 6.07) is 21.3. The van der Waals surface area contributed by atoms with Gasteiger partial charge in [0.05, 0.1) is 29.9 Å². The molecule has 0 radical (unpaired) electrons. The highest BCUT2D eigenvalue weighted by atomic mass is 16.5. The molecule has 0 atom stereocenters. The Hall–Kier alpha value is -3.26. The van der Waals surface area contributed by atoms with Gasteiger partial charge in [-0.2, -0.15) is 10.4 Å². The molecule has 1 N–H and O–H groups in total. The number of nitrogens with one attached hydrogen (secondary N) is 1. The zero-order valence-electron chi connectivity index (χ0n) is 14.9. The van der Waals surface area contributed by atoms with Crippen LogP contribution in [0.2, 0.25) is 0 Å². The molecular weight excluding hydrogens is 336 g/mol. The van der Waals surface area contributed by atoms with E-state index in [2.05, 4.69) is 47.8 Å². The largest absolute Gasteiger partial charge is 0.487 e. The molecule has 3 aromatic rings. The van der Waals surface area contributed by atoms with E-state index in [4.69, 9.17) is 15.1 Å². The number of nitriles is 1. The maximum atomic E-state index is 8.91. The van der Waals surface area contributed by atoms with E-state index in [9.17, 15) is 0 Å².